The molecule has 0 aliphatic carbocycles. The zero-order valence-electron chi connectivity index (χ0n) is 10.4. The number of hydrogen-bond acceptors (Lipinski definition) is 4. The summed E-state index contributed by atoms with van der Waals surface area (Å²) in [5.74, 6) is 0.505. The molecule has 2 N–H and O–H groups in total. The highest BCUT2D eigenvalue weighted by molar-refractivity contribution is 6.30. The Balaban J connectivity index is 2.71. The number of nitrogens with zero attached hydrogens (tertiary/aromatic N) is 2. The van der Waals surface area contributed by atoms with Gasteiger partial charge in [0.15, 0.2) is 0 Å². The molecule has 1 unspecified atom stereocenters. The van der Waals surface area contributed by atoms with Crippen molar-refractivity contribution in [1.82, 2.24) is 15.3 Å². The van der Waals surface area contributed by atoms with Crippen molar-refractivity contribution in [3.8, 4) is 0 Å². The molecule has 1 aromatic heterocycles. The lowest BCUT2D eigenvalue weighted by molar-refractivity contribution is -0.122. The van der Waals surface area contributed by atoms with E-state index >= 15 is 0 Å². The third kappa shape index (κ3) is 3.85. The number of aromatic nitrogens is 2. The summed E-state index contributed by atoms with van der Waals surface area (Å²) in [6, 6.07) is -0.260. The predicted octanol–water partition coefficient (Wildman–Crippen LogP) is 1.76. The van der Waals surface area contributed by atoms with Gasteiger partial charge in [0.2, 0.25) is 5.91 Å². The first-order valence-electron chi connectivity index (χ1n) is 5.45. The molecule has 0 bridgehead atoms. The summed E-state index contributed by atoms with van der Waals surface area (Å²) in [5.41, 5.74) is 0.735. The van der Waals surface area contributed by atoms with E-state index in [0.29, 0.717) is 11.0 Å². The summed E-state index contributed by atoms with van der Waals surface area (Å²) in [4.78, 5) is 19.6. The molecule has 1 atom stereocenters. The Kier molecular flexibility index (Phi) is 4.69. The molecule has 0 aromatic carbocycles. The maximum absolute atomic E-state index is 11.7. The first-order chi connectivity index (χ1) is 7.91. The second-order valence-electron chi connectivity index (χ2n) is 4.17. The largest absolute Gasteiger partial charge is 0.358 e. The molecule has 0 fully saturated rings. The van der Waals surface area contributed by atoms with Gasteiger partial charge in [-0.1, -0.05) is 11.6 Å². The number of halogens is 1. The molecule has 1 heterocycles. The van der Waals surface area contributed by atoms with Crippen LogP contribution in [0.2, 0.25) is 5.15 Å². The fourth-order valence-corrected chi connectivity index (χ4v) is 1.39. The Bertz CT molecular complexity index is 408. The number of carbonyl (C=O) groups excluding carboxylic acids is 1. The Morgan fingerprint density at radius 2 is 2.00 bits per heavy atom. The molecule has 0 saturated carbocycles. The number of nitrogens with one attached hydrogen (secondary N) is 2. The van der Waals surface area contributed by atoms with Crippen LogP contribution < -0.4 is 10.6 Å². The van der Waals surface area contributed by atoms with E-state index in [4.69, 9.17) is 11.6 Å². The molecule has 17 heavy (non-hydrogen) atoms. The van der Waals surface area contributed by atoms with Crippen LogP contribution in [0.1, 0.15) is 26.3 Å². The maximum Gasteiger partial charge on any atom is 0.242 e. The lowest BCUT2D eigenvalue weighted by atomic mass is 10.2. The quantitative estimate of drug-likeness (QED) is 0.806. The van der Waals surface area contributed by atoms with E-state index in [9.17, 15) is 4.79 Å². The minimum Gasteiger partial charge on any atom is -0.358 e. The van der Waals surface area contributed by atoms with Gasteiger partial charge in [-0.25, -0.2) is 9.97 Å². The predicted molar refractivity (Wildman–Crippen MR) is 68.1 cm³/mol. The molecule has 0 spiro atoms. The molecular formula is C11H17ClN4O. The van der Waals surface area contributed by atoms with Gasteiger partial charge in [-0.15, -0.1) is 0 Å². The van der Waals surface area contributed by atoms with Gasteiger partial charge in [0.25, 0.3) is 0 Å². The number of anilines is 1. The smallest absolute Gasteiger partial charge is 0.242 e. The SMILES string of the molecule is Cc1c(Cl)ncnc1NC(C)C(=O)NC(C)C. The second kappa shape index (κ2) is 5.82. The van der Waals surface area contributed by atoms with E-state index in [2.05, 4.69) is 20.6 Å². The lowest BCUT2D eigenvalue weighted by Gasteiger charge is -2.17. The van der Waals surface area contributed by atoms with Crippen LogP contribution in [0.5, 0.6) is 0 Å². The standard InChI is InChI=1S/C11H17ClN4O/c1-6(2)15-11(17)8(4)16-10-7(3)9(12)13-5-14-10/h5-6,8H,1-4H3,(H,15,17)(H,13,14,16). The molecule has 5 nitrogen and oxygen atoms in total. The normalized spacial score (nSPS) is 12.4. The third-order valence-electron chi connectivity index (χ3n) is 2.20. The lowest BCUT2D eigenvalue weighted by Crippen LogP contribution is -2.41. The molecule has 0 aliphatic heterocycles. The fraction of sp³-hybridized carbons (Fsp3) is 0.545. The van der Waals surface area contributed by atoms with Gasteiger partial charge in [-0.3, -0.25) is 4.79 Å². The first-order valence-corrected chi connectivity index (χ1v) is 5.83. The van der Waals surface area contributed by atoms with Crippen molar-refractivity contribution in [2.45, 2.75) is 39.8 Å². The molecular weight excluding hydrogens is 240 g/mol. The molecule has 94 valence electrons. The van der Waals surface area contributed by atoms with Crippen LogP contribution in [0.15, 0.2) is 6.33 Å². The van der Waals surface area contributed by atoms with Gasteiger partial charge >= 0.3 is 0 Å². The summed E-state index contributed by atoms with van der Waals surface area (Å²) < 4.78 is 0. The van der Waals surface area contributed by atoms with Gasteiger partial charge < -0.3 is 10.6 Å². The topological polar surface area (TPSA) is 66.9 Å². The van der Waals surface area contributed by atoms with E-state index in [1.165, 1.54) is 6.33 Å². The van der Waals surface area contributed by atoms with Crippen LogP contribution in [0, 0.1) is 6.92 Å². The molecule has 0 aliphatic rings. The first kappa shape index (κ1) is 13.7. The second-order valence-corrected chi connectivity index (χ2v) is 4.53. The summed E-state index contributed by atoms with van der Waals surface area (Å²) in [6.45, 7) is 7.40. The molecule has 1 aromatic rings. The monoisotopic (exact) mass is 256 g/mol. The van der Waals surface area contributed by atoms with Crippen molar-refractivity contribution in [2.75, 3.05) is 5.32 Å². The Hall–Kier alpha value is -1.36. The van der Waals surface area contributed by atoms with Gasteiger partial charge in [-0.2, -0.15) is 0 Å². The van der Waals surface area contributed by atoms with E-state index in [1.807, 2.05) is 13.8 Å². The maximum atomic E-state index is 11.7. The minimum atomic E-state index is -0.373. The Morgan fingerprint density at radius 1 is 1.35 bits per heavy atom. The fourth-order valence-electron chi connectivity index (χ4n) is 1.25. The van der Waals surface area contributed by atoms with E-state index in [1.54, 1.807) is 13.8 Å². The zero-order chi connectivity index (χ0) is 13.0. The Morgan fingerprint density at radius 3 is 2.59 bits per heavy atom. The zero-order valence-corrected chi connectivity index (χ0v) is 11.2. The molecule has 6 heteroatoms. The molecule has 1 rings (SSSR count). The van der Waals surface area contributed by atoms with Crippen LogP contribution >= 0.6 is 11.6 Å². The highest BCUT2D eigenvalue weighted by Crippen LogP contribution is 2.18. The van der Waals surface area contributed by atoms with Gasteiger partial charge in [0, 0.05) is 11.6 Å². The summed E-state index contributed by atoms with van der Waals surface area (Å²) in [5, 5.41) is 6.22. The van der Waals surface area contributed by atoms with Crippen molar-refractivity contribution in [3.05, 3.63) is 17.0 Å². The molecule has 0 saturated heterocycles. The van der Waals surface area contributed by atoms with Crippen LogP contribution in [0.3, 0.4) is 0 Å². The van der Waals surface area contributed by atoms with Crippen LogP contribution in [0.25, 0.3) is 0 Å². The van der Waals surface area contributed by atoms with Crippen molar-refractivity contribution >= 4 is 23.3 Å². The van der Waals surface area contributed by atoms with Crippen LogP contribution in [-0.4, -0.2) is 28.0 Å². The van der Waals surface area contributed by atoms with Crippen LogP contribution in [0.4, 0.5) is 5.82 Å². The summed E-state index contributed by atoms with van der Waals surface area (Å²) >= 11 is 5.87. The third-order valence-corrected chi connectivity index (χ3v) is 2.58. The summed E-state index contributed by atoms with van der Waals surface area (Å²) in [7, 11) is 0. The highest BCUT2D eigenvalue weighted by Gasteiger charge is 2.15. The number of rotatable bonds is 4. The van der Waals surface area contributed by atoms with Gasteiger partial charge in [-0.05, 0) is 27.7 Å². The van der Waals surface area contributed by atoms with Gasteiger partial charge in [0.05, 0.1) is 0 Å². The average Bonchev–Trinajstić information content (AvgIpc) is 2.23. The number of amides is 1. The number of carbonyl (C=O) groups is 1. The van der Waals surface area contributed by atoms with Crippen LogP contribution in [-0.2, 0) is 4.79 Å². The molecule has 0 radical (unpaired) electrons. The van der Waals surface area contributed by atoms with E-state index < -0.39 is 0 Å². The molecule has 1 amide bonds. The van der Waals surface area contributed by atoms with E-state index in [-0.39, 0.29) is 18.0 Å². The highest BCUT2D eigenvalue weighted by atomic mass is 35.5. The minimum absolute atomic E-state index is 0.0749. The van der Waals surface area contributed by atoms with E-state index in [0.717, 1.165) is 5.56 Å². The van der Waals surface area contributed by atoms with Crippen molar-refractivity contribution in [2.24, 2.45) is 0 Å². The van der Waals surface area contributed by atoms with Crippen molar-refractivity contribution in [1.29, 1.82) is 0 Å². The van der Waals surface area contributed by atoms with Gasteiger partial charge in [0.1, 0.15) is 23.3 Å². The summed E-state index contributed by atoms with van der Waals surface area (Å²) in [6.07, 6.45) is 1.37. The van der Waals surface area contributed by atoms with Crippen molar-refractivity contribution < 1.29 is 4.79 Å². The average molecular weight is 257 g/mol. The number of hydrogen-bond donors (Lipinski definition) is 2. The van der Waals surface area contributed by atoms with Crippen molar-refractivity contribution in [3.63, 3.8) is 0 Å². The Labute approximate surface area is 106 Å².